The Bertz CT molecular complexity index is 470. The second kappa shape index (κ2) is 6.84. The fourth-order valence-corrected chi connectivity index (χ4v) is 2.62. The lowest BCUT2D eigenvalue weighted by Crippen LogP contribution is -2.44. The summed E-state index contributed by atoms with van der Waals surface area (Å²) < 4.78 is 13.2. The largest absolute Gasteiger partial charge is 0.350 e. The van der Waals surface area contributed by atoms with Gasteiger partial charge in [-0.3, -0.25) is 9.69 Å². The molecule has 2 rings (SSSR count). The van der Waals surface area contributed by atoms with Crippen LogP contribution in [-0.4, -0.2) is 36.5 Å². The van der Waals surface area contributed by atoms with E-state index in [1.807, 2.05) is 0 Å². The Balaban J connectivity index is 1.86. The zero-order chi connectivity index (χ0) is 14.5. The Morgan fingerprint density at radius 3 is 2.70 bits per heavy atom. The molecule has 1 saturated heterocycles. The van der Waals surface area contributed by atoms with E-state index >= 15 is 0 Å². The number of nitrogens with one attached hydrogen (secondary N) is 1. The summed E-state index contributed by atoms with van der Waals surface area (Å²) in [5.74, 6) is -0.403. The summed E-state index contributed by atoms with van der Waals surface area (Å²) in [5, 5.41) is 2.94. The van der Waals surface area contributed by atoms with E-state index < -0.39 is 0 Å². The molecule has 0 saturated carbocycles. The highest BCUT2D eigenvalue weighted by molar-refractivity contribution is 5.94. The molecule has 20 heavy (non-hydrogen) atoms. The molecular formula is C16H23FN2O. The number of benzene rings is 1. The Kier molecular flexibility index (Phi) is 5.12. The fraction of sp³-hybridized carbons (Fsp3) is 0.562. The first kappa shape index (κ1) is 15.0. The summed E-state index contributed by atoms with van der Waals surface area (Å²) in [6, 6.07) is 4.82. The molecule has 1 aliphatic rings. The number of aryl methyl sites for hydroxylation is 1. The maximum atomic E-state index is 13.2. The van der Waals surface area contributed by atoms with Crippen LogP contribution >= 0.6 is 0 Å². The van der Waals surface area contributed by atoms with Crippen LogP contribution in [-0.2, 0) is 0 Å². The lowest BCUT2D eigenvalue weighted by molar-refractivity contribution is 0.0930. The third-order valence-corrected chi connectivity index (χ3v) is 3.99. The predicted molar refractivity (Wildman–Crippen MR) is 78.4 cm³/mol. The average molecular weight is 278 g/mol. The molecule has 1 aromatic rings. The molecule has 0 aliphatic carbocycles. The molecule has 0 aromatic heterocycles. The van der Waals surface area contributed by atoms with Crippen LogP contribution in [0.4, 0.5) is 4.39 Å². The van der Waals surface area contributed by atoms with Crippen molar-refractivity contribution in [2.75, 3.05) is 19.6 Å². The van der Waals surface area contributed by atoms with Crippen LogP contribution in [0.5, 0.6) is 0 Å². The first-order valence-electron chi connectivity index (χ1n) is 7.36. The van der Waals surface area contributed by atoms with Crippen LogP contribution < -0.4 is 5.32 Å². The normalized spacial score (nSPS) is 17.8. The molecule has 3 nitrogen and oxygen atoms in total. The minimum absolute atomic E-state index is 0.128. The van der Waals surface area contributed by atoms with Crippen molar-refractivity contribution in [2.45, 2.75) is 39.2 Å². The van der Waals surface area contributed by atoms with Gasteiger partial charge in [-0.1, -0.05) is 6.42 Å². The van der Waals surface area contributed by atoms with Gasteiger partial charge in [-0.2, -0.15) is 0 Å². The molecular weight excluding hydrogens is 255 g/mol. The van der Waals surface area contributed by atoms with E-state index in [0.29, 0.717) is 23.7 Å². The summed E-state index contributed by atoms with van der Waals surface area (Å²) in [6.45, 7) is 6.68. The van der Waals surface area contributed by atoms with Gasteiger partial charge in [-0.15, -0.1) is 0 Å². The summed E-state index contributed by atoms with van der Waals surface area (Å²) in [4.78, 5) is 14.5. The molecule has 0 radical (unpaired) electrons. The quantitative estimate of drug-likeness (QED) is 0.918. The molecule has 1 unspecified atom stereocenters. The molecule has 1 atom stereocenters. The maximum Gasteiger partial charge on any atom is 0.251 e. The second-order valence-electron chi connectivity index (χ2n) is 5.62. The van der Waals surface area contributed by atoms with Gasteiger partial charge in [0.2, 0.25) is 0 Å². The summed E-state index contributed by atoms with van der Waals surface area (Å²) >= 11 is 0. The van der Waals surface area contributed by atoms with Crippen molar-refractivity contribution in [3.05, 3.63) is 35.1 Å². The molecule has 1 heterocycles. The van der Waals surface area contributed by atoms with E-state index in [4.69, 9.17) is 0 Å². The zero-order valence-electron chi connectivity index (χ0n) is 12.3. The van der Waals surface area contributed by atoms with Crippen molar-refractivity contribution in [3.63, 3.8) is 0 Å². The number of amides is 1. The highest BCUT2D eigenvalue weighted by atomic mass is 19.1. The number of rotatable bonds is 4. The topological polar surface area (TPSA) is 32.3 Å². The van der Waals surface area contributed by atoms with Crippen LogP contribution in [0.1, 0.15) is 42.1 Å². The van der Waals surface area contributed by atoms with Crippen molar-refractivity contribution < 1.29 is 9.18 Å². The Morgan fingerprint density at radius 1 is 1.35 bits per heavy atom. The van der Waals surface area contributed by atoms with E-state index in [1.54, 1.807) is 13.0 Å². The maximum absolute atomic E-state index is 13.2. The molecule has 1 amide bonds. The van der Waals surface area contributed by atoms with Crippen molar-refractivity contribution >= 4 is 5.91 Å². The first-order chi connectivity index (χ1) is 9.58. The average Bonchev–Trinajstić information content (AvgIpc) is 2.48. The van der Waals surface area contributed by atoms with Gasteiger partial charge >= 0.3 is 0 Å². The molecule has 0 spiro atoms. The van der Waals surface area contributed by atoms with Gasteiger partial charge in [0.05, 0.1) is 0 Å². The van der Waals surface area contributed by atoms with Crippen molar-refractivity contribution in [1.82, 2.24) is 10.2 Å². The molecule has 110 valence electrons. The van der Waals surface area contributed by atoms with Crippen molar-refractivity contribution in [2.24, 2.45) is 0 Å². The number of hydrogen-bond donors (Lipinski definition) is 1. The van der Waals surface area contributed by atoms with Gasteiger partial charge in [0.15, 0.2) is 0 Å². The summed E-state index contributed by atoms with van der Waals surface area (Å²) in [5.41, 5.74) is 1.02. The van der Waals surface area contributed by atoms with E-state index in [-0.39, 0.29) is 11.7 Å². The number of nitrogens with zero attached hydrogens (tertiary/aromatic N) is 1. The first-order valence-corrected chi connectivity index (χ1v) is 7.36. The van der Waals surface area contributed by atoms with Crippen LogP contribution in [0.15, 0.2) is 18.2 Å². The van der Waals surface area contributed by atoms with Crippen LogP contribution in [0, 0.1) is 12.7 Å². The number of hydrogen-bond acceptors (Lipinski definition) is 2. The van der Waals surface area contributed by atoms with Crippen LogP contribution in [0.25, 0.3) is 0 Å². The number of likely N-dealkylation sites (tertiary alicyclic amines) is 1. The van der Waals surface area contributed by atoms with E-state index in [9.17, 15) is 9.18 Å². The number of piperidine rings is 1. The number of carbonyl (C=O) groups excluding carboxylic acids is 1. The lowest BCUT2D eigenvalue weighted by atomic mass is 10.1. The second-order valence-corrected chi connectivity index (χ2v) is 5.62. The van der Waals surface area contributed by atoms with Gasteiger partial charge < -0.3 is 5.32 Å². The minimum Gasteiger partial charge on any atom is -0.350 e. The van der Waals surface area contributed by atoms with Gasteiger partial charge in [-0.05, 0) is 63.5 Å². The van der Waals surface area contributed by atoms with E-state index in [2.05, 4.69) is 17.1 Å². The molecule has 4 heteroatoms. The Morgan fingerprint density at radius 2 is 2.05 bits per heavy atom. The van der Waals surface area contributed by atoms with Crippen LogP contribution in [0.2, 0.25) is 0 Å². The minimum atomic E-state index is -0.275. The molecule has 1 aromatic carbocycles. The van der Waals surface area contributed by atoms with Gasteiger partial charge in [-0.25, -0.2) is 4.39 Å². The Labute approximate surface area is 120 Å². The molecule has 1 N–H and O–H groups in total. The molecule has 0 bridgehead atoms. The highest BCUT2D eigenvalue weighted by Gasteiger charge is 2.17. The number of carbonyl (C=O) groups is 1. The number of halogens is 1. The van der Waals surface area contributed by atoms with Gasteiger partial charge in [0.25, 0.3) is 5.91 Å². The standard InChI is InChI=1S/C16H23FN2O/c1-12-10-14(6-7-15(12)17)16(20)18-11-13(2)19-8-4-3-5-9-19/h6-7,10,13H,3-5,8-9,11H2,1-2H3,(H,18,20). The Hall–Kier alpha value is -1.42. The monoisotopic (exact) mass is 278 g/mol. The molecule has 1 fully saturated rings. The molecule has 1 aliphatic heterocycles. The highest BCUT2D eigenvalue weighted by Crippen LogP contribution is 2.12. The van der Waals surface area contributed by atoms with Gasteiger partial charge in [0.1, 0.15) is 5.82 Å². The van der Waals surface area contributed by atoms with Crippen molar-refractivity contribution in [3.8, 4) is 0 Å². The van der Waals surface area contributed by atoms with Gasteiger partial charge in [0, 0.05) is 18.2 Å². The predicted octanol–water partition coefficient (Wildman–Crippen LogP) is 2.74. The fourth-order valence-electron chi connectivity index (χ4n) is 2.62. The third-order valence-electron chi connectivity index (χ3n) is 3.99. The smallest absolute Gasteiger partial charge is 0.251 e. The third kappa shape index (κ3) is 3.79. The van der Waals surface area contributed by atoms with Crippen molar-refractivity contribution in [1.29, 1.82) is 0 Å². The summed E-state index contributed by atoms with van der Waals surface area (Å²) in [7, 11) is 0. The summed E-state index contributed by atoms with van der Waals surface area (Å²) in [6.07, 6.45) is 3.80. The van der Waals surface area contributed by atoms with E-state index in [1.165, 1.54) is 31.4 Å². The zero-order valence-corrected chi connectivity index (χ0v) is 12.3. The van der Waals surface area contributed by atoms with Crippen LogP contribution in [0.3, 0.4) is 0 Å². The SMILES string of the molecule is Cc1cc(C(=O)NCC(C)N2CCCCC2)ccc1F. The lowest BCUT2D eigenvalue weighted by Gasteiger charge is -2.32. The van der Waals surface area contributed by atoms with E-state index in [0.717, 1.165) is 13.1 Å².